The lowest BCUT2D eigenvalue weighted by Crippen LogP contribution is -2.30. The van der Waals surface area contributed by atoms with Crippen molar-refractivity contribution in [2.45, 2.75) is 18.9 Å². The van der Waals surface area contributed by atoms with Crippen molar-refractivity contribution < 1.29 is 14.3 Å². The summed E-state index contributed by atoms with van der Waals surface area (Å²) in [4.78, 5) is 23.0. The van der Waals surface area contributed by atoms with Gasteiger partial charge < -0.3 is 19.4 Å². The number of ether oxygens (including phenoxy) is 2. The van der Waals surface area contributed by atoms with Gasteiger partial charge in [-0.05, 0) is 66.4 Å². The molecule has 0 aliphatic carbocycles. The average Bonchev–Trinajstić information content (AvgIpc) is 3.53. The molecule has 6 nitrogen and oxygen atoms in total. The molecule has 6 heteroatoms. The molecular formula is C26H25N3O3. The normalized spacial score (nSPS) is 15.8. The van der Waals surface area contributed by atoms with Crippen LogP contribution in [0.1, 0.15) is 34.8 Å². The van der Waals surface area contributed by atoms with Gasteiger partial charge in [0.2, 0.25) is 0 Å². The number of pyridine rings is 1. The van der Waals surface area contributed by atoms with Crippen molar-refractivity contribution in [2.75, 3.05) is 20.8 Å². The second-order valence-corrected chi connectivity index (χ2v) is 7.95. The molecule has 1 saturated heterocycles. The quantitative estimate of drug-likeness (QED) is 0.474. The minimum Gasteiger partial charge on any atom is -0.497 e. The Morgan fingerprint density at radius 3 is 2.81 bits per heavy atom. The fourth-order valence-corrected chi connectivity index (χ4v) is 4.61. The van der Waals surface area contributed by atoms with E-state index >= 15 is 0 Å². The number of aromatic amines is 1. The van der Waals surface area contributed by atoms with Crippen molar-refractivity contribution in [2.24, 2.45) is 0 Å². The molecule has 1 unspecified atom stereocenters. The highest BCUT2D eigenvalue weighted by Crippen LogP contribution is 2.37. The van der Waals surface area contributed by atoms with Gasteiger partial charge in [-0.15, -0.1) is 0 Å². The molecule has 4 aromatic rings. The first kappa shape index (κ1) is 20.1. The number of carbonyl (C=O) groups is 1. The van der Waals surface area contributed by atoms with Crippen molar-refractivity contribution in [1.82, 2.24) is 14.9 Å². The SMILES string of the molecule is COc1cccc(C2CCCN2C(=O)c2ccc(-c3ccnc4[nH]ccc34)c(OC)c2)c1. The van der Waals surface area contributed by atoms with Crippen LogP contribution >= 0.6 is 0 Å². The largest absolute Gasteiger partial charge is 0.497 e. The van der Waals surface area contributed by atoms with Gasteiger partial charge >= 0.3 is 0 Å². The fraction of sp³-hybridized carbons (Fsp3) is 0.231. The molecule has 1 amide bonds. The summed E-state index contributed by atoms with van der Waals surface area (Å²) >= 11 is 0. The zero-order chi connectivity index (χ0) is 22.1. The van der Waals surface area contributed by atoms with Crippen LogP contribution in [0.25, 0.3) is 22.2 Å². The molecular weight excluding hydrogens is 402 g/mol. The molecule has 0 radical (unpaired) electrons. The smallest absolute Gasteiger partial charge is 0.254 e. The molecule has 1 N–H and O–H groups in total. The van der Waals surface area contributed by atoms with Crippen molar-refractivity contribution in [1.29, 1.82) is 0 Å². The topological polar surface area (TPSA) is 67.5 Å². The predicted octanol–water partition coefficient (Wildman–Crippen LogP) is 5.22. The van der Waals surface area contributed by atoms with E-state index in [0.29, 0.717) is 11.3 Å². The standard InChI is InChI=1S/C26H25N3O3/c1-31-19-6-3-5-17(15-19)23-7-4-14-29(23)26(30)18-8-9-21(24(16-18)32-2)20-10-12-27-25-22(20)11-13-28-25/h3,5-6,8-13,15-16,23H,4,7,14H2,1-2H3,(H,27,28). The van der Waals surface area contributed by atoms with E-state index in [4.69, 9.17) is 9.47 Å². The molecule has 0 spiro atoms. The van der Waals surface area contributed by atoms with Crippen molar-refractivity contribution in [3.63, 3.8) is 0 Å². The molecule has 2 aromatic heterocycles. The number of fused-ring (bicyclic) bond motifs is 1. The monoisotopic (exact) mass is 427 g/mol. The summed E-state index contributed by atoms with van der Waals surface area (Å²) in [7, 11) is 3.30. The van der Waals surface area contributed by atoms with E-state index in [-0.39, 0.29) is 11.9 Å². The summed E-state index contributed by atoms with van der Waals surface area (Å²) in [5, 5.41) is 1.02. The minimum atomic E-state index is 0.0155. The van der Waals surface area contributed by atoms with E-state index in [1.165, 1.54) is 0 Å². The summed E-state index contributed by atoms with van der Waals surface area (Å²) in [6, 6.07) is 17.7. The number of hydrogen-bond donors (Lipinski definition) is 1. The number of H-pyrrole nitrogens is 1. The number of likely N-dealkylation sites (tertiary alicyclic amines) is 1. The third-order valence-corrected chi connectivity index (χ3v) is 6.19. The third kappa shape index (κ3) is 3.47. The van der Waals surface area contributed by atoms with Crippen LogP contribution in [0.15, 0.2) is 67.0 Å². The number of carbonyl (C=O) groups excluding carboxylic acids is 1. The van der Waals surface area contributed by atoms with Crippen molar-refractivity contribution in [3.8, 4) is 22.6 Å². The molecule has 5 rings (SSSR count). The predicted molar refractivity (Wildman–Crippen MR) is 124 cm³/mol. The molecule has 1 aliphatic rings. The van der Waals surface area contributed by atoms with Gasteiger partial charge in [0, 0.05) is 35.5 Å². The van der Waals surface area contributed by atoms with E-state index in [1.54, 1.807) is 20.4 Å². The van der Waals surface area contributed by atoms with E-state index in [0.717, 1.165) is 52.9 Å². The first-order chi connectivity index (χ1) is 15.7. The van der Waals surface area contributed by atoms with Crippen molar-refractivity contribution >= 4 is 16.9 Å². The lowest BCUT2D eigenvalue weighted by Gasteiger charge is -2.26. The maximum Gasteiger partial charge on any atom is 0.254 e. The Morgan fingerprint density at radius 2 is 1.97 bits per heavy atom. The van der Waals surface area contributed by atoms with Crippen LogP contribution in [0.2, 0.25) is 0 Å². The Kier molecular flexibility index (Phi) is 5.27. The summed E-state index contributed by atoms with van der Waals surface area (Å²) < 4.78 is 11.1. The number of hydrogen-bond acceptors (Lipinski definition) is 4. The fourth-order valence-electron chi connectivity index (χ4n) is 4.61. The van der Waals surface area contributed by atoms with Crippen LogP contribution in [0, 0.1) is 0 Å². The van der Waals surface area contributed by atoms with Crippen LogP contribution in [-0.4, -0.2) is 41.5 Å². The van der Waals surface area contributed by atoms with Gasteiger partial charge in [-0.1, -0.05) is 12.1 Å². The molecule has 162 valence electrons. The Hall–Kier alpha value is -3.80. The maximum absolute atomic E-state index is 13.5. The summed E-state index contributed by atoms with van der Waals surface area (Å²) in [5.41, 5.74) is 4.50. The summed E-state index contributed by atoms with van der Waals surface area (Å²) in [5.74, 6) is 1.49. The average molecular weight is 428 g/mol. The number of rotatable bonds is 5. The summed E-state index contributed by atoms with van der Waals surface area (Å²) in [6.07, 6.45) is 5.56. The maximum atomic E-state index is 13.5. The van der Waals surface area contributed by atoms with Gasteiger partial charge in [0.25, 0.3) is 5.91 Å². The molecule has 32 heavy (non-hydrogen) atoms. The van der Waals surface area contributed by atoms with E-state index in [9.17, 15) is 4.79 Å². The van der Waals surface area contributed by atoms with Gasteiger partial charge in [-0.3, -0.25) is 4.79 Å². The molecule has 0 bridgehead atoms. The highest BCUT2D eigenvalue weighted by atomic mass is 16.5. The van der Waals surface area contributed by atoms with Crippen LogP contribution < -0.4 is 9.47 Å². The van der Waals surface area contributed by atoms with Crippen molar-refractivity contribution in [3.05, 3.63) is 78.1 Å². The first-order valence-corrected chi connectivity index (χ1v) is 10.7. The molecule has 1 fully saturated rings. The zero-order valence-corrected chi connectivity index (χ0v) is 18.2. The van der Waals surface area contributed by atoms with Gasteiger partial charge in [0.1, 0.15) is 17.1 Å². The lowest BCUT2D eigenvalue weighted by atomic mass is 9.99. The molecule has 0 saturated carbocycles. The zero-order valence-electron chi connectivity index (χ0n) is 18.2. The number of aromatic nitrogens is 2. The van der Waals surface area contributed by atoms with Gasteiger partial charge in [-0.25, -0.2) is 4.98 Å². The third-order valence-electron chi connectivity index (χ3n) is 6.19. The number of amides is 1. The number of nitrogens with zero attached hydrogens (tertiary/aromatic N) is 2. The summed E-state index contributed by atoms with van der Waals surface area (Å²) in [6.45, 7) is 0.735. The van der Waals surface area contributed by atoms with Gasteiger partial charge in [0.15, 0.2) is 0 Å². The highest BCUT2D eigenvalue weighted by molar-refractivity contribution is 5.98. The number of nitrogens with one attached hydrogen (secondary N) is 1. The number of methoxy groups -OCH3 is 2. The Balaban J connectivity index is 1.48. The van der Waals surface area contributed by atoms with Crippen LogP contribution in [0.3, 0.4) is 0 Å². The number of benzene rings is 2. The van der Waals surface area contributed by atoms with E-state index in [2.05, 4.69) is 16.0 Å². The second kappa shape index (κ2) is 8.38. The highest BCUT2D eigenvalue weighted by Gasteiger charge is 2.31. The molecule has 3 heterocycles. The molecule has 1 aliphatic heterocycles. The van der Waals surface area contributed by atoms with Gasteiger partial charge in [0.05, 0.1) is 20.3 Å². The van der Waals surface area contributed by atoms with E-state index in [1.807, 2.05) is 59.6 Å². The van der Waals surface area contributed by atoms with Gasteiger partial charge in [-0.2, -0.15) is 0 Å². The molecule has 1 atom stereocenters. The Labute approximate surface area is 186 Å². The first-order valence-electron chi connectivity index (χ1n) is 10.7. The molecule has 2 aromatic carbocycles. The van der Waals surface area contributed by atoms with E-state index < -0.39 is 0 Å². The van der Waals surface area contributed by atoms with Crippen LogP contribution in [0.5, 0.6) is 11.5 Å². The Morgan fingerprint density at radius 1 is 1.06 bits per heavy atom. The Bertz CT molecular complexity index is 1280. The minimum absolute atomic E-state index is 0.0155. The lowest BCUT2D eigenvalue weighted by molar-refractivity contribution is 0.0735. The van der Waals surface area contributed by atoms with Crippen LogP contribution in [-0.2, 0) is 0 Å². The van der Waals surface area contributed by atoms with Crippen LogP contribution in [0.4, 0.5) is 0 Å². The second-order valence-electron chi connectivity index (χ2n) is 7.95.